The van der Waals surface area contributed by atoms with Gasteiger partial charge in [-0.3, -0.25) is 9.59 Å². The van der Waals surface area contributed by atoms with Crippen LogP contribution < -0.4 is 0 Å². The number of unbranched alkanes of at least 4 members (excludes halogenated alkanes) is 7. The Kier molecular flexibility index (Phi) is 14.2. The summed E-state index contributed by atoms with van der Waals surface area (Å²) in [4.78, 5) is 21.2. The zero-order valence-corrected chi connectivity index (χ0v) is 13.4. The lowest BCUT2D eigenvalue weighted by Crippen LogP contribution is -1.99. The highest BCUT2D eigenvalue weighted by atomic mass is 32.2. The molecule has 0 aliphatic heterocycles. The Morgan fingerprint density at radius 1 is 0.850 bits per heavy atom. The predicted octanol–water partition coefficient (Wildman–Crippen LogP) is 3.88. The molecule has 0 heterocycles. The Morgan fingerprint density at radius 2 is 1.40 bits per heavy atom. The van der Waals surface area contributed by atoms with Crippen molar-refractivity contribution in [1.82, 2.24) is 0 Å². The average molecular weight is 304 g/mol. The molecule has 0 aromatic heterocycles. The van der Waals surface area contributed by atoms with Crippen LogP contribution in [-0.2, 0) is 14.3 Å². The van der Waals surface area contributed by atoms with E-state index in [1.165, 1.54) is 45.6 Å². The van der Waals surface area contributed by atoms with Crippen molar-refractivity contribution in [2.45, 2.75) is 64.2 Å². The van der Waals surface area contributed by atoms with Gasteiger partial charge in [0.05, 0.1) is 13.5 Å². The van der Waals surface area contributed by atoms with Gasteiger partial charge in [0.1, 0.15) is 0 Å². The highest BCUT2D eigenvalue weighted by Gasteiger charge is 1.99. The molecule has 0 spiro atoms. The number of carboxylic acids is 1. The van der Waals surface area contributed by atoms with Crippen molar-refractivity contribution in [3.63, 3.8) is 0 Å². The third-order valence-electron chi connectivity index (χ3n) is 3.11. The number of methoxy groups -OCH3 is 1. The lowest BCUT2D eigenvalue weighted by Gasteiger charge is -2.02. The van der Waals surface area contributed by atoms with E-state index in [9.17, 15) is 9.59 Å². The molecule has 0 aliphatic carbocycles. The first-order valence-electron chi connectivity index (χ1n) is 7.53. The van der Waals surface area contributed by atoms with Gasteiger partial charge in [-0.15, -0.1) is 0 Å². The van der Waals surface area contributed by atoms with E-state index in [0.29, 0.717) is 6.42 Å². The van der Waals surface area contributed by atoms with Crippen LogP contribution in [-0.4, -0.2) is 35.7 Å². The van der Waals surface area contributed by atoms with Gasteiger partial charge in [0.2, 0.25) is 0 Å². The van der Waals surface area contributed by atoms with Crippen LogP contribution in [0, 0.1) is 0 Å². The molecule has 0 aromatic carbocycles. The highest BCUT2D eigenvalue weighted by molar-refractivity contribution is 7.99. The number of carboxylic acid groups (broad SMARTS) is 1. The minimum atomic E-state index is -0.704. The first kappa shape index (κ1) is 19.3. The van der Waals surface area contributed by atoms with E-state index in [1.807, 2.05) is 0 Å². The fourth-order valence-electron chi connectivity index (χ4n) is 1.90. The van der Waals surface area contributed by atoms with Gasteiger partial charge in [0.15, 0.2) is 0 Å². The number of aliphatic carboxylic acids is 1. The summed E-state index contributed by atoms with van der Waals surface area (Å²) >= 11 is 1.74. The quantitative estimate of drug-likeness (QED) is 0.390. The Balaban J connectivity index is 3.03. The van der Waals surface area contributed by atoms with Crippen molar-refractivity contribution in [3.8, 4) is 0 Å². The summed E-state index contributed by atoms with van der Waals surface area (Å²) in [6, 6.07) is 0. The number of hydrogen-bond acceptors (Lipinski definition) is 4. The monoisotopic (exact) mass is 304 g/mol. The first-order valence-corrected chi connectivity index (χ1v) is 8.68. The molecule has 0 saturated carbocycles. The van der Waals surface area contributed by atoms with Crippen molar-refractivity contribution < 1.29 is 19.4 Å². The summed E-state index contributed by atoms with van der Waals surface area (Å²) < 4.78 is 4.59. The van der Waals surface area contributed by atoms with Crippen molar-refractivity contribution in [1.29, 1.82) is 0 Å². The summed E-state index contributed by atoms with van der Waals surface area (Å²) in [5, 5.41) is 8.48. The lowest BCUT2D eigenvalue weighted by atomic mass is 10.1. The topological polar surface area (TPSA) is 63.6 Å². The number of esters is 1. The molecule has 1 N–H and O–H groups in total. The van der Waals surface area contributed by atoms with Crippen LogP contribution in [0.1, 0.15) is 64.2 Å². The molecule has 0 saturated heterocycles. The zero-order valence-electron chi connectivity index (χ0n) is 12.6. The van der Waals surface area contributed by atoms with E-state index < -0.39 is 5.97 Å². The van der Waals surface area contributed by atoms with Crippen LogP contribution >= 0.6 is 11.8 Å². The third kappa shape index (κ3) is 15.3. The lowest BCUT2D eigenvalue weighted by molar-refractivity contribution is -0.140. The maximum absolute atomic E-state index is 10.9. The van der Waals surface area contributed by atoms with Gasteiger partial charge >= 0.3 is 11.9 Å². The van der Waals surface area contributed by atoms with Gasteiger partial charge in [0, 0.05) is 12.2 Å². The number of thioether (sulfide) groups is 1. The number of ether oxygens (including phenoxy) is 1. The van der Waals surface area contributed by atoms with E-state index in [0.717, 1.165) is 24.3 Å². The summed E-state index contributed by atoms with van der Waals surface area (Å²) in [7, 11) is 1.43. The molecule has 118 valence electrons. The van der Waals surface area contributed by atoms with Crippen LogP contribution in [0.3, 0.4) is 0 Å². The van der Waals surface area contributed by atoms with Crippen LogP contribution in [0.15, 0.2) is 0 Å². The minimum absolute atomic E-state index is 0.106. The molecule has 0 aliphatic rings. The molecule has 0 unspecified atom stereocenters. The van der Waals surface area contributed by atoms with E-state index in [-0.39, 0.29) is 12.4 Å². The SMILES string of the molecule is COC(=O)CCCCCCCCCCSCCC(=O)O. The average Bonchev–Trinajstić information content (AvgIpc) is 2.43. The standard InChI is InChI=1S/C15H28O4S/c1-19-15(18)10-8-6-4-2-3-5-7-9-12-20-13-11-14(16)17/h2-13H2,1H3,(H,16,17). The molecular formula is C15H28O4S. The Bertz CT molecular complexity index is 256. The van der Waals surface area contributed by atoms with Crippen molar-refractivity contribution in [2.75, 3.05) is 18.6 Å². The molecule has 20 heavy (non-hydrogen) atoms. The van der Waals surface area contributed by atoms with Crippen molar-refractivity contribution in [2.24, 2.45) is 0 Å². The molecule has 0 atom stereocenters. The molecule has 0 rings (SSSR count). The fourth-order valence-corrected chi connectivity index (χ4v) is 2.83. The minimum Gasteiger partial charge on any atom is -0.481 e. The van der Waals surface area contributed by atoms with Gasteiger partial charge in [-0.05, 0) is 18.6 Å². The molecule has 5 heteroatoms. The summed E-state index contributed by atoms with van der Waals surface area (Å²) in [6.45, 7) is 0. The zero-order chi connectivity index (χ0) is 15.1. The Hall–Kier alpha value is -0.710. The molecule has 0 radical (unpaired) electrons. The molecule has 0 amide bonds. The number of carbonyl (C=O) groups excluding carboxylic acids is 1. The van der Waals surface area contributed by atoms with E-state index >= 15 is 0 Å². The van der Waals surface area contributed by atoms with Crippen LogP contribution in [0.4, 0.5) is 0 Å². The molecule has 4 nitrogen and oxygen atoms in total. The summed E-state index contributed by atoms with van der Waals surface area (Å²) in [5.74, 6) is 0.997. The second kappa shape index (κ2) is 14.7. The maximum atomic E-state index is 10.9. The smallest absolute Gasteiger partial charge is 0.305 e. The van der Waals surface area contributed by atoms with Crippen LogP contribution in [0.5, 0.6) is 0 Å². The number of hydrogen-bond donors (Lipinski definition) is 1. The second-order valence-corrected chi connectivity index (χ2v) is 6.14. The highest BCUT2D eigenvalue weighted by Crippen LogP contribution is 2.12. The van der Waals surface area contributed by atoms with Crippen LogP contribution in [0.25, 0.3) is 0 Å². The summed E-state index contributed by atoms with van der Waals surface area (Å²) in [6.07, 6.45) is 10.3. The van der Waals surface area contributed by atoms with E-state index in [4.69, 9.17) is 5.11 Å². The molecular weight excluding hydrogens is 276 g/mol. The van der Waals surface area contributed by atoms with Crippen LogP contribution in [0.2, 0.25) is 0 Å². The predicted molar refractivity (Wildman–Crippen MR) is 83.1 cm³/mol. The maximum Gasteiger partial charge on any atom is 0.305 e. The Labute approximate surface area is 126 Å². The third-order valence-corrected chi connectivity index (χ3v) is 4.18. The van der Waals surface area contributed by atoms with Gasteiger partial charge in [-0.25, -0.2) is 0 Å². The normalized spacial score (nSPS) is 10.4. The largest absolute Gasteiger partial charge is 0.481 e. The number of rotatable bonds is 14. The second-order valence-electron chi connectivity index (χ2n) is 4.91. The summed E-state index contributed by atoms with van der Waals surface area (Å²) in [5.41, 5.74) is 0. The van der Waals surface area contributed by atoms with Gasteiger partial charge in [0.25, 0.3) is 0 Å². The van der Waals surface area contributed by atoms with E-state index in [2.05, 4.69) is 4.74 Å². The van der Waals surface area contributed by atoms with Gasteiger partial charge in [-0.1, -0.05) is 38.5 Å². The molecule has 0 bridgehead atoms. The Morgan fingerprint density at radius 3 is 1.95 bits per heavy atom. The van der Waals surface area contributed by atoms with Crippen molar-refractivity contribution in [3.05, 3.63) is 0 Å². The van der Waals surface area contributed by atoms with Gasteiger partial charge in [-0.2, -0.15) is 11.8 Å². The van der Waals surface area contributed by atoms with Gasteiger partial charge < -0.3 is 9.84 Å². The van der Waals surface area contributed by atoms with Crippen molar-refractivity contribution >= 4 is 23.7 Å². The first-order chi connectivity index (χ1) is 9.66. The molecule has 0 aromatic rings. The van der Waals surface area contributed by atoms with E-state index in [1.54, 1.807) is 11.8 Å². The number of carbonyl (C=O) groups is 2. The fraction of sp³-hybridized carbons (Fsp3) is 0.867. The molecule has 0 fully saturated rings.